The van der Waals surface area contributed by atoms with Crippen LogP contribution in [-0.4, -0.2) is 117 Å². The van der Waals surface area contributed by atoms with Crippen molar-refractivity contribution in [3.8, 4) is 11.3 Å². The summed E-state index contributed by atoms with van der Waals surface area (Å²) in [5.74, 6) is -6.67. The van der Waals surface area contributed by atoms with Gasteiger partial charge in [0.25, 0.3) is 0 Å². The molecule has 1 aromatic heterocycles. The average molecular weight is 664 g/mol. The number of aliphatic hydroxyl groups is 5. The number of hydrogen-bond donors (Lipinski definition) is 6. The summed E-state index contributed by atoms with van der Waals surface area (Å²) in [5, 5.41) is 60.0. The van der Waals surface area contributed by atoms with E-state index < -0.39 is 115 Å². The highest BCUT2D eigenvalue weighted by atomic mass is 32.2. The quantitative estimate of drug-likeness (QED) is 0.161. The molecule has 7 atom stereocenters. The molecule has 17 heteroatoms. The maximum Gasteiger partial charge on any atom is 0.335 e. The van der Waals surface area contributed by atoms with Crippen LogP contribution >= 0.6 is 0 Å². The Balaban J connectivity index is 1.99. The van der Waals surface area contributed by atoms with Gasteiger partial charge < -0.3 is 40.1 Å². The third kappa shape index (κ3) is 9.00. The second kappa shape index (κ2) is 14.7. The third-order valence-corrected chi connectivity index (χ3v) is 7.75. The zero-order chi connectivity index (χ0) is 38.8. The van der Waals surface area contributed by atoms with Crippen LogP contribution in [0, 0.1) is 5.82 Å². The Kier molecular flexibility index (Phi) is 9.04. The number of aliphatic hydroxyl groups excluding tert-OH is 5. The number of esters is 1. The van der Waals surface area contributed by atoms with Gasteiger partial charge in [0.2, 0.25) is 22.3 Å². The second-order valence-corrected chi connectivity index (χ2v) is 12.1. The van der Waals surface area contributed by atoms with Crippen LogP contribution in [0.3, 0.4) is 0 Å². The zero-order valence-electron chi connectivity index (χ0n) is 29.8. The van der Waals surface area contributed by atoms with E-state index in [0.717, 1.165) is 37.6 Å². The molecule has 4 unspecified atom stereocenters. The smallest absolute Gasteiger partial charge is 0.335 e. The number of rotatable bonds is 12. The van der Waals surface area contributed by atoms with Crippen molar-refractivity contribution in [2.45, 2.75) is 75.4 Å². The number of ether oxygens (including phenoxy) is 2. The number of aromatic nitrogens is 2. The highest BCUT2D eigenvalue weighted by molar-refractivity contribution is 7.92. The van der Waals surface area contributed by atoms with Crippen LogP contribution < -0.4 is 4.31 Å². The molecular weight excluding hydrogens is 621 g/mol. The second-order valence-electron chi connectivity index (χ2n) is 10.1. The molecular formula is C28H36FN3O12S. The Hall–Kier alpha value is -3.58. The fourth-order valence-corrected chi connectivity index (χ4v) is 4.52. The largest absolute Gasteiger partial charge is 0.479 e. The first-order valence-corrected chi connectivity index (χ1v) is 15.0. The van der Waals surface area contributed by atoms with E-state index in [0.29, 0.717) is 4.31 Å². The third-order valence-electron chi connectivity index (χ3n) is 6.60. The standard InChI is InChI=1S/C28H36FN3O12S/c1-13(2)20-18(21(14-5-7-15(29)8-6-14)31-28(30-20)32(3)45(4,41)42)10-9-16(33)11-17(34)12-19(35)43-27-24(38)22(36)23(37)25(44-27)26(39)40/h5-10,13,16-17,22-25,27,33-34,36-38H,11-12H2,1-4H3,(H,39,40)/b10-9+/t16?,17?,22-,23+,24?,25?,27-/m1/s1/i1D3,2D3. The van der Waals surface area contributed by atoms with E-state index in [9.17, 15) is 47.9 Å². The fourth-order valence-electron chi connectivity index (χ4n) is 4.14. The van der Waals surface area contributed by atoms with Crippen molar-refractivity contribution in [2.24, 2.45) is 0 Å². The first-order chi connectivity index (χ1) is 23.3. The van der Waals surface area contributed by atoms with Crippen molar-refractivity contribution >= 4 is 34.0 Å². The Morgan fingerprint density at radius 3 is 2.36 bits per heavy atom. The summed E-state index contributed by atoms with van der Waals surface area (Å²) < 4.78 is 96.9. The molecule has 248 valence electrons. The maximum absolute atomic E-state index is 13.8. The SMILES string of the molecule is [2H]C([2H])([2H])C(c1nc(N(C)S(C)(=O)=O)nc(-c2ccc(F)cc2)c1/C=C/C(O)CC(O)CC(=O)O[C@@H]1OC(C(=O)O)[C@@H](O)[C@@H](O)C1O)C([2H])([2H])[2H]. The maximum atomic E-state index is 13.8. The van der Waals surface area contributed by atoms with Gasteiger partial charge in [-0.2, -0.15) is 0 Å². The van der Waals surface area contributed by atoms with Crippen molar-refractivity contribution in [3.63, 3.8) is 0 Å². The van der Waals surface area contributed by atoms with E-state index in [2.05, 4.69) is 9.97 Å². The summed E-state index contributed by atoms with van der Waals surface area (Å²) in [6, 6.07) is 4.39. The molecule has 3 rings (SSSR count). The van der Waals surface area contributed by atoms with Gasteiger partial charge in [0.15, 0.2) is 6.10 Å². The number of carboxylic acid groups (broad SMARTS) is 1. The number of carbonyl (C=O) groups is 2. The first-order valence-electron chi connectivity index (χ1n) is 16.1. The van der Waals surface area contributed by atoms with Crippen molar-refractivity contribution in [2.75, 3.05) is 17.6 Å². The number of nitrogens with zero attached hydrogens (tertiary/aromatic N) is 3. The van der Waals surface area contributed by atoms with Crippen LogP contribution in [0.25, 0.3) is 17.3 Å². The van der Waals surface area contributed by atoms with Crippen molar-refractivity contribution in [1.29, 1.82) is 0 Å². The van der Waals surface area contributed by atoms with Crippen LogP contribution in [0.5, 0.6) is 0 Å². The number of carbonyl (C=O) groups excluding carboxylic acids is 1. The van der Waals surface area contributed by atoms with Crippen LogP contribution in [0.2, 0.25) is 0 Å². The number of benzene rings is 1. The minimum Gasteiger partial charge on any atom is -0.479 e. The molecule has 0 spiro atoms. The molecule has 0 amide bonds. The van der Waals surface area contributed by atoms with Crippen LogP contribution in [0.4, 0.5) is 10.3 Å². The van der Waals surface area contributed by atoms with Crippen LogP contribution in [-0.2, 0) is 29.1 Å². The molecule has 2 heterocycles. The van der Waals surface area contributed by atoms with Gasteiger partial charge >= 0.3 is 11.9 Å². The summed E-state index contributed by atoms with van der Waals surface area (Å²) in [7, 11) is -3.06. The van der Waals surface area contributed by atoms with Gasteiger partial charge in [0.1, 0.15) is 24.1 Å². The fraction of sp³-hybridized carbons (Fsp3) is 0.500. The number of halogens is 1. The van der Waals surface area contributed by atoms with Gasteiger partial charge in [0, 0.05) is 32.8 Å². The molecule has 0 aliphatic carbocycles. The van der Waals surface area contributed by atoms with Gasteiger partial charge in [-0.15, -0.1) is 0 Å². The molecule has 0 radical (unpaired) electrons. The average Bonchev–Trinajstić information content (AvgIpc) is 2.98. The number of hydrogen-bond acceptors (Lipinski definition) is 13. The number of anilines is 1. The summed E-state index contributed by atoms with van der Waals surface area (Å²) in [6.07, 6.45) is -12.4. The molecule has 0 saturated carbocycles. The van der Waals surface area contributed by atoms with E-state index in [1.807, 2.05) is 0 Å². The van der Waals surface area contributed by atoms with Gasteiger partial charge in [-0.1, -0.05) is 25.9 Å². The molecule has 0 bridgehead atoms. The predicted molar refractivity (Wildman–Crippen MR) is 155 cm³/mol. The normalized spacial score (nSPS) is 26.1. The lowest BCUT2D eigenvalue weighted by Gasteiger charge is -2.38. The minimum absolute atomic E-state index is 0.0600. The topological polar surface area (TPSA) is 237 Å². The van der Waals surface area contributed by atoms with Crippen LogP contribution in [0.15, 0.2) is 30.3 Å². The van der Waals surface area contributed by atoms with Gasteiger partial charge in [-0.25, -0.2) is 31.9 Å². The van der Waals surface area contributed by atoms with Crippen LogP contribution in [0.1, 0.15) is 51.9 Å². The van der Waals surface area contributed by atoms with Crippen molar-refractivity contribution in [1.82, 2.24) is 9.97 Å². The highest BCUT2D eigenvalue weighted by Crippen LogP contribution is 2.32. The van der Waals surface area contributed by atoms with E-state index in [4.69, 9.17) is 22.8 Å². The molecule has 6 N–H and O–H groups in total. The minimum atomic E-state index is -4.09. The number of sulfonamides is 1. The monoisotopic (exact) mass is 663 g/mol. The summed E-state index contributed by atoms with van der Waals surface area (Å²) in [4.78, 5) is 31.9. The molecule has 1 fully saturated rings. The lowest BCUT2D eigenvalue weighted by molar-refractivity contribution is -0.286. The van der Waals surface area contributed by atoms with E-state index in [-0.39, 0.29) is 16.8 Å². The van der Waals surface area contributed by atoms with Gasteiger partial charge in [-0.05, 0) is 30.2 Å². The first kappa shape index (κ1) is 27.7. The predicted octanol–water partition coefficient (Wildman–Crippen LogP) is -0.247. The lowest BCUT2D eigenvalue weighted by atomic mass is 9.97. The van der Waals surface area contributed by atoms with E-state index in [1.165, 1.54) is 12.1 Å². The number of aliphatic carboxylic acids is 1. The Morgan fingerprint density at radius 1 is 1.13 bits per heavy atom. The molecule has 1 aliphatic heterocycles. The molecule has 1 aromatic carbocycles. The highest BCUT2D eigenvalue weighted by Gasteiger charge is 2.48. The van der Waals surface area contributed by atoms with Crippen molar-refractivity contribution < 1.29 is 70.7 Å². The van der Waals surface area contributed by atoms with E-state index in [1.54, 1.807) is 0 Å². The Morgan fingerprint density at radius 2 is 1.78 bits per heavy atom. The van der Waals surface area contributed by atoms with Crippen molar-refractivity contribution in [3.05, 3.63) is 47.4 Å². The van der Waals surface area contributed by atoms with Gasteiger partial charge in [-0.3, -0.25) is 4.79 Å². The summed E-state index contributed by atoms with van der Waals surface area (Å²) in [6.45, 7) is -6.51. The number of carboxylic acids is 1. The molecule has 2 aromatic rings. The zero-order valence-corrected chi connectivity index (χ0v) is 24.6. The molecule has 1 saturated heterocycles. The Bertz CT molecular complexity index is 1700. The van der Waals surface area contributed by atoms with E-state index >= 15 is 0 Å². The molecule has 1 aliphatic rings. The lowest BCUT2D eigenvalue weighted by Crippen LogP contribution is -2.60. The Labute approximate surface area is 266 Å². The van der Waals surface area contributed by atoms with Gasteiger partial charge in [0.05, 0.1) is 36.3 Å². The summed E-state index contributed by atoms with van der Waals surface area (Å²) in [5.41, 5.74) is -1.20. The molecule has 15 nitrogen and oxygen atoms in total. The summed E-state index contributed by atoms with van der Waals surface area (Å²) >= 11 is 0. The molecule has 45 heavy (non-hydrogen) atoms.